The van der Waals surface area contributed by atoms with Crippen LogP contribution < -0.4 is 0 Å². The number of esters is 3. The predicted octanol–water partition coefficient (Wildman–Crippen LogP) is 2.49. The molecule has 0 amide bonds. The molecule has 11 nitrogen and oxygen atoms in total. The SMILES string of the molecule is CC(=O)OC1C(n2cnc3c(Cl)ncnc32)O[C@]2(C[C@H]2COC(=O)c2ccccc2)C1OC(C)=O. The van der Waals surface area contributed by atoms with E-state index in [1.54, 1.807) is 34.9 Å². The van der Waals surface area contributed by atoms with Crippen LogP contribution in [0.25, 0.3) is 11.2 Å². The smallest absolute Gasteiger partial charge is 0.338 e. The maximum absolute atomic E-state index is 12.4. The van der Waals surface area contributed by atoms with Gasteiger partial charge in [0, 0.05) is 19.8 Å². The molecule has 35 heavy (non-hydrogen) atoms. The Morgan fingerprint density at radius 2 is 1.86 bits per heavy atom. The minimum atomic E-state index is -1.03. The van der Waals surface area contributed by atoms with E-state index in [2.05, 4.69) is 15.0 Å². The lowest BCUT2D eigenvalue weighted by Gasteiger charge is -2.24. The maximum atomic E-state index is 12.4. The minimum Gasteiger partial charge on any atom is -0.462 e. The molecule has 1 aromatic carbocycles. The topological polar surface area (TPSA) is 132 Å². The Bertz CT molecular complexity index is 1300. The van der Waals surface area contributed by atoms with Gasteiger partial charge in [-0.05, 0) is 18.6 Å². The number of ether oxygens (including phenoxy) is 4. The molecular weight excluding hydrogens is 480 g/mol. The molecule has 3 unspecified atom stereocenters. The van der Waals surface area contributed by atoms with Gasteiger partial charge in [-0.25, -0.2) is 19.7 Å². The molecule has 12 heteroatoms. The number of imidazole rings is 1. The Kier molecular flexibility index (Phi) is 5.89. The first kappa shape index (κ1) is 23.2. The van der Waals surface area contributed by atoms with Gasteiger partial charge in [-0.3, -0.25) is 14.2 Å². The summed E-state index contributed by atoms with van der Waals surface area (Å²) in [6.45, 7) is 2.55. The van der Waals surface area contributed by atoms with Crippen LogP contribution in [0.2, 0.25) is 5.15 Å². The van der Waals surface area contributed by atoms with Crippen LogP contribution in [0.4, 0.5) is 0 Å². The summed E-state index contributed by atoms with van der Waals surface area (Å²) in [5.41, 5.74) is 0.0936. The quantitative estimate of drug-likeness (QED) is 0.282. The minimum absolute atomic E-state index is 0.0314. The van der Waals surface area contributed by atoms with Crippen molar-refractivity contribution in [3.05, 3.63) is 53.7 Å². The first-order valence-electron chi connectivity index (χ1n) is 10.9. The molecule has 1 saturated carbocycles. The van der Waals surface area contributed by atoms with E-state index < -0.39 is 41.9 Å². The number of hydrogen-bond donors (Lipinski definition) is 0. The number of fused-ring (bicyclic) bond motifs is 1. The molecule has 0 radical (unpaired) electrons. The molecule has 182 valence electrons. The Labute approximate surface area is 204 Å². The van der Waals surface area contributed by atoms with E-state index in [9.17, 15) is 14.4 Å². The van der Waals surface area contributed by atoms with Crippen LogP contribution in [0.15, 0.2) is 43.0 Å². The summed E-state index contributed by atoms with van der Waals surface area (Å²) in [7, 11) is 0. The summed E-state index contributed by atoms with van der Waals surface area (Å²) in [4.78, 5) is 48.8. The van der Waals surface area contributed by atoms with E-state index in [0.717, 1.165) is 0 Å². The molecule has 0 bridgehead atoms. The highest BCUT2D eigenvalue weighted by Gasteiger charge is 2.72. The fraction of sp³-hybridized carbons (Fsp3) is 0.391. The molecule has 1 saturated heterocycles. The molecular formula is C23H21ClN4O7. The van der Waals surface area contributed by atoms with Gasteiger partial charge in [-0.2, -0.15) is 0 Å². The lowest BCUT2D eigenvalue weighted by atomic mass is 10.1. The number of nitrogens with zero attached hydrogens (tertiary/aromatic N) is 4. The second kappa shape index (κ2) is 8.90. The van der Waals surface area contributed by atoms with Crippen molar-refractivity contribution >= 4 is 40.7 Å². The van der Waals surface area contributed by atoms with Crippen molar-refractivity contribution < 1.29 is 33.3 Å². The number of aromatic nitrogens is 4. The Morgan fingerprint density at radius 3 is 2.57 bits per heavy atom. The molecule has 2 fully saturated rings. The summed E-state index contributed by atoms with van der Waals surface area (Å²) in [5.74, 6) is -1.92. The Balaban J connectivity index is 1.44. The summed E-state index contributed by atoms with van der Waals surface area (Å²) in [5, 5.41) is 0.152. The first-order valence-corrected chi connectivity index (χ1v) is 11.3. The van der Waals surface area contributed by atoms with Gasteiger partial charge in [0.2, 0.25) is 0 Å². The van der Waals surface area contributed by atoms with Crippen LogP contribution in [0.1, 0.15) is 36.9 Å². The zero-order chi connectivity index (χ0) is 24.7. The molecule has 2 aliphatic rings. The van der Waals surface area contributed by atoms with E-state index in [1.807, 2.05) is 0 Å². The van der Waals surface area contributed by atoms with Crippen LogP contribution in [0.5, 0.6) is 0 Å². The third-order valence-electron chi connectivity index (χ3n) is 6.11. The van der Waals surface area contributed by atoms with Crippen molar-refractivity contribution in [2.24, 2.45) is 5.92 Å². The molecule has 5 rings (SSSR count). The molecule has 5 atom stereocenters. The Hall–Kier alpha value is -3.57. The maximum Gasteiger partial charge on any atom is 0.338 e. The van der Waals surface area contributed by atoms with Crippen molar-refractivity contribution in [1.82, 2.24) is 19.5 Å². The van der Waals surface area contributed by atoms with Crippen molar-refractivity contribution in [2.45, 2.75) is 44.3 Å². The van der Waals surface area contributed by atoms with Crippen molar-refractivity contribution in [3.8, 4) is 0 Å². The van der Waals surface area contributed by atoms with E-state index in [4.69, 9.17) is 30.5 Å². The molecule has 3 aromatic rings. The molecule has 2 aromatic heterocycles. The second-order valence-electron chi connectivity index (χ2n) is 8.42. The molecule has 1 aliphatic heterocycles. The number of carbonyl (C=O) groups is 3. The summed E-state index contributed by atoms with van der Waals surface area (Å²) >= 11 is 6.14. The third kappa shape index (κ3) is 4.21. The number of carbonyl (C=O) groups excluding carboxylic acids is 3. The lowest BCUT2D eigenvalue weighted by molar-refractivity contribution is -0.166. The number of hydrogen-bond acceptors (Lipinski definition) is 10. The second-order valence-corrected chi connectivity index (χ2v) is 8.78. The number of benzene rings is 1. The highest BCUT2D eigenvalue weighted by molar-refractivity contribution is 6.33. The predicted molar refractivity (Wildman–Crippen MR) is 119 cm³/mol. The van der Waals surface area contributed by atoms with Gasteiger partial charge in [0.05, 0.1) is 18.5 Å². The fourth-order valence-corrected chi connectivity index (χ4v) is 4.70. The molecule has 1 aliphatic carbocycles. The van der Waals surface area contributed by atoms with Crippen LogP contribution in [0.3, 0.4) is 0 Å². The molecule has 3 heterocycles. The molecule has 0 N–H and O–H groups in total. The number of rotatable bonds is 6. The number of halogens is 1. The highest BCUT2D eigenvalue weighted by atomic mass is 35.5. The van der Waals surface area contributed by atoms with Crippen LogP contribution >= 0.6 is 11.6 Å². The van der Waals surface area contributed by atoms with E-state index >= 15 is 0 Å². The van der Waals surface area contributed by atoms with Gasteiger partial charge in [-0.1, -0.05) is 29.8 Å². The van der Waals surface area contributed by atoms with Gasteiger partial charge < -0.3 is 18.9 Å². The van der Waals surface area contributed by atoms with E-state index in [0.29, 0.717) is 23.1 Å². The van der Waals surface area contributed by atoms with E-state index in [1.165, 1.54) is 26.5 Å². The highest BCUT2D eigenvalue weighted by Crippen LogP contribution is 2.59. The van der Waals surface area contributed by atoms with Gasteiger partial charge in [0.15, 0.2) is 29.2 Å². The zero-order valence-corrected chi connectivity index (χ0v) is 19.5. The summed E-state index contributed by atoms with van der Waals surface area (Å²) in [6.07, 6.45) is 0.281. The van der Waals surface area contributed by atoms with Crippen LogP contribution in [-0.2, 0) is 28.5 Å². The largest absolute Gasteiger partial charge is 0.462 e. The van der Waals surface area contributed by atoms with Gasteiger partial charge in [0.1, 0.15) is 17.4 Å². The summed E-state index contributed by atoms with van der Waals surface area (Å²) < 4.78 is 24.7. The van der Waals surface area contributed by atoms with Gasteiger partial charge in [-0.15, -0.1) is 0 Å². The lowest BCUT2D eigenvalue weighted by Crippen LogP contribution is -2.41. The van der Waals surface area contributed by atoms with Crippen molar-refractivity contribution in [1.29, 1.82) is 0 Å². The molecule has 1 spiro atoms. The van der Waals surface area contributed by atoms with Gasteiger partial charge in [0.25, 0.3) is 0 Å². The fourth-order valence-electron chi connectivity index (χ4n) is 4.52. The Morgan fingerprint density at radius 1 is 1.11 bits per heavy atom. The third-order valence-corrected chi connectivity index (χ3v) is 6.38. The first-order chi connectivity index (χ1) is 16.8. The standard InChI is InChI=1S/C23H21ClN4O7/c1-12(29)33-17-18(34-13(2)30)23(8-15(23)9-32-22(31)14-6-4-3-5-7-14)35-21(17)28-11-27-16-19(24)25-10-26-20(16)28/h3-7,10-11,15,17-18,21H,8-9H2,1-2H3/t15-,17?,18?,21?,23-/m0/s1. The van der Waals surface area contributed by atoms with Crippen molar-refractivity contribution in [3.63, 3.8) is 0 Å². The average Bonchev–Trinajstić information content (AvgIpc) is 3.22. The summed E-state index contributed by atoms with van der Waals surface area (Å²) in [6, 6.07) is 8.60. The average molecular weight is 501 g/mol. The van der Waals surface area contributed by atoms with E-state index in [-0.39, 0.29) is 17.7 Å². The van der Waals surface area contributed by atoms with Crippen LogP contribution in [0, 0.1) is 5.92 Å². The zero-order valence-electron chi connectivity index (χ0n) is 18.8. The van der Waals surface area contributed by atoms with Crippen molar-refractivity contribution in [2.75, 3.05) is 6.61 Å². The normalized spacial score (nSPS) is 27.1. The van der Waals surface area contributed by atoms with Gasteiger partial charge >= 0.3 is 17.9 Å². The van der Waals surface area contributed by atoms with Crippen LogP contribution in [-0.4, -0.2) is 61.8 Å². The monoisotopic (exact) mass is 500 g/mol.